The van der Waals surface area contributed by atoms with E-state index in [0.29, 0.717) is 0 Å². The van der Waals surface area contributed by atoms with Crippen LogP contribution < -0.4 is 0 Å². The molecule has 1 aromatic heterocycles. The Kier molecular flexibility index (Phi) is 3.27. The molecule has 0 bridgehead atoms. The molecule has 2 aromatic rings. The molecule has 2 atom stereocenters. The molecule has 2 heterocycles. The highest BCUT2D eigenvalue weighted by Gasteiger charge is 2.38. The summed E-state index contributed by atoms with van der Waals surface area (Å²) in [5.41, 5.74) is 0.770. The van der Waals surface area contributed by atoms with Crippen molar-refractivity contribution in [2.75, 3.05) is 0 Å². The van der Waals surface area contributed by atoms with Crippen molar-refractivity contribution in [2.24, 2.45) is 0 Å². The van der Waals surface area contributed by atoms with Gasteiger partial charge in [-0.05, 0) is 5.56 Å². The van der Waals surface area contributed by atoms with Gasteiger partial charge in [0.15, 0.2) is 5.03 Å². The standard InChI is InChI=1S/C13H11F3N2O2S/c14-9-6-10(8-4-2-1-3-5-8)18-11(9)7-12(17-18)21(19,20)13(15)16/h1-5,7,9-10,13H,6H2/t9-,10?/m1/s1. The average molecular weight is 316 g/mol. The molecule has 0 spiro atoms. The summed E-state index contributed by atoms with van der Waals surface area (Å²) in [6.45, 7) is 0. The largest absolute Gasteiger partial charge is 0.342 e. The van der Waals surface area contributed by atoms with Gasteiger partial charge in [-0.3, -0.25) is 4.68 Å². The van der Waals surface area contributed by atoms with Gasteiger partial charge in [-0.1, -0.05) is 30.3 Å². The third-order valence-electron chi connectivity index (χ3n) is 3.50. The third kappa shape index (κ3) is 2.23. The van der Waals surface area contributed by atoms with Gasteiger partial charge in [-0.15, -0.1) is 0 Å². The number of hydrogen-bond donors (Lipinski definition) is 0. The Morgan fingerprint density at radius 1 is 1.24 bits per heavy atom. The van der Waals surface area contributed by atoms with Gasteiger partial charge in [0.1, 0.15) is 6.17 Å². The molecule has 3 rings (SSSR count). The number of rotatable bonds is 3. The average Bonchev–Trinajstić information content (AvgIpc) is 3.01. The quantitative estimate of drug-likeness (QED) is 0.875. The van der Waals surface area contributed by atoms with Crippen LogP contribution in [0.5, 0.6) is 0 Å². The predicted octanol–water partition coefficient (Wildman–Crippen LogP) is 2.88. The number of aromatic nitrogens is 2. The van der Waals surface area contributed by atoms with Gasteiger partial charge < -0.3 is 0 Å². The van der Waals surface area contributed by atoms with Gasteiger partial charge in [-0.25, -0.2) is 12.8 Å². The maximum atomic E-state index is 14.0. The molecule has 0 saturated heterocycles. The van der Waals surface area contributed by atoms with Crippen LogP contribution in [0.1, 0.15) is 29.9 Å². The zero-order chi connectivity index (χ0) is 15.2. The van der Waals surface area contributed by atoms with E-state index in [1.165, 1.54) is 4.68 Å². The summed E-state index contributed by atoms with van der Waals surface area (Å²) in [5, 5.41) is 2.92. The van der Waals surface area contributed by atoms with E-state index in [1.807, 2.05) is 0 Å². The number of benzene rings is 1. The van der Waals surface area contributed by atoms with E-state index in [2.05, 4.69) is 5.10 Å². The predicted molar refractivity (Wildman–Crippen MR) is 68.5 cm³/mol. The van der Waals surface area contributed by atoms with Crippen molar-refractivity contribution in [3.8, 4) is 0 Å². The lowest BCUT2D eigenvalue weighted by atomic mass is 10.0. The molecular formula is C13H11F3N2O2S. The van der Waals surface area contributed by atoms with E-state index in [9.17, 15) is 21.6 Å². The fourth-order valence-corrected chi connectivity index (χ4v) is 3.14. The summed E-state index contributed by atoms with van der Waals surface area (Å²) < 4.78 is 63.2. The second kappa shape index (κ2) is 4.87. The first kappa shape index (κ1) is 14.1. The Morgan fingerprint density at radius 3 is 2.52 bits per heavy atom. The first-order chi connectivity index (χ1) is 9.91. The molecular weight excluding hydrogens is 305 g/mol. The lowest BCUT2D eigenvalue weighted by molar-refractivity contribution is 0.234. The molecule has 1 aliphatic heterocycles. The molecule has 0 radical (unpaired) electrons. The number of fused-ring (bicyclic) bond motifs is 1. The molecule has 0 saturated carbocycles. The Labute approximate surface area is 119 Å². The van der Waals surface area contributed by atoms with Gasteiger partial charge in [0.25, 0.3) is 9.84 Å². The Hall–Kier alpha value is -1.83. The minimum Gasteiger partial charge on any atom is -0.258 e. The van der Waals surface area contributed by atoms with Crippen LogP contribution in [0.3, 0.4) is 0 Å². The zero-order valence-electron chi connectivity index (χ0n) is 10.7. The fourth-order valence-electron chi connectivity index (χ4n) is 2.47. The lowest BCUT2D eigenvalue weighted by Gasteiger charge is -2.12. The van der Waals surface area contributed by atoms with Crippen molar-refractivity contribution in [3.63, 3.8) is 0 Å². The second-order valence-electron chi connectivity index (χ2n) is 4.79. The second-order valence-corrected chi connectivity index (χ2v) is 6.65. The number of halogens is 3. The SMILES string of the molecule is O=S(=O)(c1cc2n(n1)C(c1ccccc1)C[C@H]2F)C(F)F. The number of hydrogen-bond acceptors (Lipinski definition) is 3. The lowest BCUT2D eigenvalue weighted by Crippen LogP contribution is -2.14. The molecule has 1 unspecified atom stereocenters. The molecule has 112 valence electrons. The van der Waals surface area contributed by atoms with Crippen LogP contribution in [0.2, 0.25) is 0 Å². The maximum Gasteiger partial charge on any atom is 0.342 e. The highest BCUT2D eigenvalue weighted by atomic mass is 32.2. The van der Waals surface area contributed by atoms with Crippen molar-refractivity contribution >= 4 is 9.84 Å². The van der Waals surface area contributed by atoms with Crippen LogP contribution in [-0.4, -0.2) is 24.0 Å². The molecule has 0 N–H and O–H groups in total. The Bertz CT molecular complexity index is 759. The summed E-state index contributed by atoms with van der Waals surface area (Å²) >= 11 is 0. The first-order valence-corrected chi connectivity index (χ1v) is 7.76. The van der Waals surface area contributed by atoms with E-state index >= 15 is 0 Å². The van der Waals surface area contributed by atoms with Crippen molar-refractivity contribution < 1.29 is 21.6 Å². The monoisotopic (exact) mass is 316 g/mol. The summed E-state index contributed by atoms with van der Waals surface area (Å²) in [6, 6.07) is 9.25. The Balaban J connectivity index is 2.07. The molecule has 0 amide bonds. The van der Waals surface area contributed by atoms with Gasteiger partial charge in [-0.2, -0.15) is 13.9 Å². The van der Waals surface area contributed by atoms with E-state index in [-0.39, 0.29) is 12.1 Å². The zero-order valence-corrected chi connectivity index (χ0v) is 11.5. The van der Waals surface area contributed by atoms with Gasteiger partial charge in [0.05, 0.1) is 11.7 Å². The van der Waals surface area contributed by atoms with Crippen molar-refractivity contribution in [3.05, 3.63) is 47.7 Å². The summed E-state index contributed by atoms with van der Waals surface area (Å²) in [5.74, 6) is -3.57. The van der Waals surface area contributed by atoms with Crippen LogP contribution in [0.4, 0.5) is 13.2 Å². The van der Waals surface area contributed by atoms with Crippen LogP contribution >= 0.6 is 0 Å². The van der Waals surface area contributed by atoms with Gasteiger partial charge in [0.2, 0.25) is 0 Å². The summed E-state index contributed by atoms with van der Waals surface area (Å²) in [7, 11) is -4.82. The number of alkyl halides is 3. The summed E-state index contributed by atoms with van der Waals surface area (Å²) in [6.07, 6.45) is -1.31. The fraction of sp³-hybridized carbons (Fsp3) is 0.308. The highest BCUT2D eigenvalue weighted by molar-refractivity contribution is 7.91. The van der Waals surface area contributed by atoms with Crippen LogP contribution in [0.25, 0.3) is 0 Å². The van der Waals surface area contributed by atoms with E-state index in [4.69, 9.17) is 0 Å². The topological polar surface area (TPSA) is 52.0 Å². The minimum absolute atomic E-state index is 0.0167. The molecule has 8 heteroatoms. The van der Waals surface area contributed by atoms with E-state index < -0.39 is 32.8 Å². The molecule has 0 fully saturated rings. The molecule has 1 aliphatic rings. The molecule has 0 aliphatic carbocycles. The minimum atomic E-state index is -4.82. The summed E-state index contributed by atoms with van der Waals surface area (Å²) in [4.78, 5) is 0. The highest BCUT2D eigenvalue weighted by Crippen LogP contribution is 2.41. The maximum absolute atomic E-state index is 14.0. The van der Waals surface area contributed by atoms with Crippen LogP contribution in [-0.2, 0) is 9.84 Å². The molecule has 1 aromatic carbocycles. The van der Waals surface area contributed by atoms with Crippen molar-refractivity contribution in [1.82, 2.24) is 9.78 Å². The number of nitrogens with zero attached hydrogens (tertiary/aromatic N) is 2. The first-order valence-electron chi connectivity index (χ1n) is 6.22. The van der Waals surface area contributed by atoms with E-state index in [0.717, 1.165) is 11.6 Å². The van der Waals surface area contributed by atoms with Gasteiger partial charge >= 0.3 is 5.76 Å². The molecule has 4 nitrogen and oxygen atoms in total. The van der Waals surface area contributed by atoms with Crippen LogP contribution in [0.15, 0.2) is 41.4 Å². The van der Waals surface area contributed by atoms with Gasteiger partial charge in [0, 0.05) is 12.5 Å². The van der Waals surface area contributed by atoms with E-state index in [1.54, 1.807) is 30.3 Å². The number of sulfone groups is 1. The third-order valence-corrected chi connectivity index (χ3v) is 4.75. The van der Waals surface area contributed by atoms with Crippen molar-refractivity contribution in [1.29, 1.82) is 0 Å². The molecule has 21 heavy (non-hydrogen) atoms. The van der Waals surface area contributed by atoms with Crippen LogP contribution in [0, 0.1) is 0 Å². The Morgan fingerprint density at radius 2 is 1.90 bits per heavy atom. The van der Waals surface area contributed by atoms with Crippen molar-refractivity contribution in [2.45, 2.75) is 29.4 Å². The normalized spacial score (nSPS) is 21.7. The smallest absolute Gasteiger partial charge is 0.258 e.